The number of benzene rings is 2. The number of carbonyl (C=O) groups excluding carboxylic acids is 2. The highest BCUT2D eigenvalue weighted by Gasteiger charge is 2.20. The normalized spacial score (nSPS) is 18.8. The Labute approximate surface area is 179 Å². The van der Waals surface area contributed by atoms with E-state index in [1.165, 1.54) is 11.1 Å². The van der Waals surface area contributed by atoms with E-state index in [9.17, 15) is 9.59 Å². The van der Waals surface area contributed by atoms with Gasteiger partial charge in [-0.3, -0.25) is 14.5 Å². The molecule has 5 heteroatoms. The average Bonchev–Trinajstić information content (AvgIpc) is 2.78. The molecule has 2 aromatic rings. The molecule has 1 heterocycles. The van der Waals surface area contributed by atoms with E-state index in [1.807, 2.05) is 30.3 Å². The van der Waals surface area contributed by atoms with Gasteiger partial charge in [-0.2, -0.15) is 0 Å². The lowest BCUT2D eigenvalue weighted by Crippen LogP contribution is -2.33. The molecule has 0 saturated carbocycles. The zero-order valence-corrected chi connectivity index (χ0v) is 17.9. The van der Waals surface area contributed by atoms with E-state index in [0.29, 0.717) is 25.9 Å². The summed E-state index contributed by atoms with van der Waals surface area (Å²) in [6, 6.07) is 18.5. The van der Waals surface area contributed by atoms with Crippen LogP contribution in [0.2, 0.25) is 0 Å². The van der Waals surface area contributed by atoms with Crippen molar-refractivity contribution < 1.29 is 9.59 Å². The van der Waals surface area contributed by atoms with Gasteiger partial charge >= 0.3 is 0 Å². The third kappa shape index (κ3) is 7.30. The monoisotopic (exact) mass is 407 g/mol. The first-order valence-electron chi connectivity index (χ1n) is 11.0. The second-order valence-electron chi connectivity index (χ2n) is 8.20. The fourth-order valence-electron chi connectivity index (χ4n) is 3.97. The summed E-state index contributed by atoms with van der Waals surface area (Å²) in [5.74, 6) is 0.0695. The van der Waals surface area contributed by atoms with Gasteiger partial charge < -0.3 is 10.6 Å². The van der Waals surface area contributed by atoms with E-state index in [1.54, 1.807) is 0 Å². The first kappa shape index (κ1) is 22.0. The Morgan fingerprint density at radius 1 is 1.07 bits per heavy atom. The van der Waals surface area contributed by atoms with Crippen molar-refractivity contribution in [2.45, 2.75) is 45.7 Å². The molecule has 2 amide bonds. The molecule has 3 rings (SSSR count). The van der Waals surface area contributed by atoms with Gasteiger partial charge in [-0.15, -0.1) is 0 Å². The number of rotatable bonds is 5. The highest BCUT2D eigenvalue weighted by molar-refractivity contribution is 5.79. The molecule has 1 saturated heterocycles. The molecular formula is C25H33N3O2. The standard InChI is InChI=1S/C25H33N3O2/c1-20-7-5-10-22(17-20)19-28-15-6-11-23(12-14-26-24(29)13-16-28)25(30)27-18-21-8-3-2-4-9-21/h2-5,7-10,17,23H,6,11-16,18-19H2,1H3,(H,26,29)(H,27,30). The van der Waals surface area contributed by atoms with Gasteiger partial charge in [0.1, 0.15) is 0 Å². The van der Waals surface area contributed by atoms with Gasteiger partial charge in [0.05, 0.1) is 0 Å². The molecule has 0 spiro atoms. The van der Waals surface area contributed by atoms with Gasteiger partial charge in [-0.1, -0.05) is 60.2 Å². The predicted molar refractivity (Wildman–Crippen MR) is 120 cm³/mol. The van der Waals surface area contributed by atoms with Crippen LogP contribution in [0.1, 0.15) is 42.4 Å². The van der Waals surface area contributed by atoms with Crippen LogP contribution >= 0.6 is 0 Å². The molecule has 0 aliphatic carbocycles. The van der Waals surface area contributed by atoms with Crippen molar-refractivity contribution >= 4 is 11.8 Å². The summed E-state index contributed by atoms with van der Waals surface area (Å²) in [5.41, 5.74) is 3.61. The van der Waals surface area contributed by atoms with Crippen molar-refractivity contribution in [1.29, 1.82) is 0 Å². The molecule has 2 aromatic carbocycles. The van der Waals surface area contributed by atoms with E-state index in [4.69, 9.17) is 0 Å². The summed E-state index contributed by atoms with van der Waals surface area (Å²) in [6.45, 7) is 5.67. The van der Waals surface area contributed by atoms with Crippen molar-refractivity contribution in [3.8, 4) is 0 Å². The van der Waals surface area contributed by atoms with Gasteiger partial charge in [-0.05, 0) is 43.9 Å². The van der Waals surface area contributed by atoms with Gasteiger partial charge in [0.2, 0.25) is 11.8 Å². The van der Waals surface area contributed by atoms with Crippen LogP contribution in [0.4, 0.5) is 0 Å². The SMILES string of the molecule is Cc1cccc(CN2CCCC(C(=O)NCc3ccccc3)CCNC(=O)CC2)c1. The highest BCUT2D eigenvalue weighted by atomic mass is 16.2. The summed E-state index contributed by atoms with van der Waals surface area (Å²) < 4.78 is 0. The van der Waals surface area contributed by atoms with Crippen LogP contribution in [-0.4, -0.2) is 36.3 Å². The number of nitrogens with one attached hydrogen (secondary N) is 2. The lowest BCUT2D eigenvalue weighted by Gasteiger charge is -2.23. The summed E-state index contributed by atoms with van der Waals surface area (Å²) in [6.07, 6.45) is 2.96. The minimum absolute atomic E-state index is 0.0644. The van der Waals surface area contributed by atoms with E-state index < -0.39 is 0 Å². The minimum atomic E-state index is -0.0760. The van der Waals surface area contributed by atoms with Crippen molar-refractivity contribution in [2.24, 2.45) is 5.92 Å². The zero-order chi connectivity index (χ0) is 21.2. The smallest absolute Gasteiger partial charge is 0.223 e. The van der Waals surface area contributed by atoms with Crippen LogP contribution in [0.5, 0.6) is 0 Å². The van der Waals surface area contributed by atoms with E-state index in [2.05, 4.69) is 46.7 Å². The van der Waals surface area contributed by atoms with Crippen LogP contribution in [0.3, 0.4) is 0 Å². The largest absolute Gasteiger partial charge is 0.356 e. The molecule has 1 aliphatic heterocycles. The lowest BCUT2D eigenvalue weighted by molar-refractivity contribution is -0.126. The molecule has 0 aromatic heterocycles. The van der Waals surface area contributed by atoms with E-state index in [-0.39, 0.29) is 17.7 Å². The second kappa shape index (κ2) is 11.5. The van der Waals surface area contributed by atoms with Gasteiger partial charge in [-0.25, -0.2) is 0 Å². The third-order valence-electron chi connectivity index (χ3n) is 5.67. The first-order chi connectivity index (χ1) is 14.6. The van der Waals surface area contributed by atoms with Crippen LogP contribution in [0, 0.1) is 12.8 Å². The molecule has 160 valence electrons. The van der Waals surface area contributed by atoms with Gasteiger partial charge in [0, 0.05) is 38.5 Å². The highest BCUT2D eigenvalue weighted by Crippen LogP contribution is 2.15. The molecule has 1 unspecified atom stereocenters. The lowest BCUT2D eigenvalue weighted by atomic mass is 9.97. The maximum absolute atomic E-state index is 12.8. The summed E-state index contributed by atoms with van der Waals surface area (Å²) >= 11 is 0. The van der Waals surface area contributed by atoms with Crippen molar-refractivity contribution in [3.63, 3.8) is 0 Å². The Bertz CT molecular complexity index is 822. The maximum atomic E-state index is 12.8. The Balaban J connectivity index is 1.57. The number of carbonyl (C=O) groups is 2. The van der Waals surface area contributed by atoms with Crippen LogP contribution in [-0.2, 0) is 22.7 Å². The van der Waals surface area contributed by atoms with Crippen molar-refractivity contribution in [2.75, 3.05) is 19.6 Å². The fourth-order valence-corrected chi connectivity index (χ4v) is 3.97. The third-order valence-corrected chi connectivity index (χ3v) is 5.67. The Kier molecular flexibility index (Phi) is 8.45. The number of amides is 2. The molecule has 0 bridgehead atoms. The molecule has 30 heavy (non-hydrogen) atoms. The van der Waals surface area contributed by atoms with E-state index >= 15 is 0 Å². The summed E-state index contributed by atoms with van der Waals surface area (Å²) in [4.78, 5) is 27.3. The Hall–Kier alpha value is -2.66. The topological polar surface area (TPSA) is 61.4 Å². The number of hydrogen-bond acceptors (Lipinski definition) is 3. The van der Waals surface area contributed by atoms with E-state index in [0.717, 1.165) is 38.0 Å². The minimum Gasteiger partial charge on any atom is -0.356 e. The maximum Gasteiger partial charge on any atom is 0.223 e. The zero-order valence-electron chi connectivity index (χ0n) is 17.9. The van der Waals surface area contributed by atoms with Crippen molar-refractivity contribution in [3.05, 3.63) is 71.3 Å². The van der Waals surface area contributed by atoms with Crippen LogP contribution in [0.25, 0.3) is 0 Å². The van der Waals surface area contributed by atoms with Crippen LogP contribution < -0.4 is 10.6 Å². The molecule has 1 aliphatic rings. The average molecular weight is 408 g/mol. The Morgan fingerprint density at radius 2 is 1.87 bits per heavy atom. The van der Waals surface area contributed by atoms with Crippen LogP contribution in [0.15, 0.2) is 54.6 Å². The number of nitrogens with zero attached hydrogens (tertiary/aromatic N) is 1. The number of hydrogen-bond donors (Lipinski definition) is 2. The summed E-state index contributed by atoms with van der Waals surface area (Å²) in [7, 11) is 0. The molecular weight excluding hydrogens is 374 g/mol. The quantitative estimate of drug-likeness (QED) is 0.798. The Morgan fingerprint density at radius 3 is 2.67 bits per heavy atom. The first-order valence-corrected chi connectivity index (χ1v) is 11.0. The predicted octanol–water partition coefficient (Wildman–Crippen LogP) is 3.42. The fraction of sp³-hybridized carbons (Fsp3) is 0.440. The van der Waals surface area contributed by atoms with Gasteiger partial charge in [0.25, 0.3) is 0 Å². The molecule has 1 atom stereocenters. The summed E-state index contributed by atoms with van der Waals surface area (Å²) in [5, 5.41) is 6.06. The molecule has 2 N–H and O–H groups in total. The van der Waals surface area contributed by atoms with Gasteiger partial charge in [0.15, 0.2) is 0 Å². The number of aryl methyl sites for hydroxylation is 1. The molecule has 5 nitrogen and oxygen atoms in total. The second-order valence-corrected chi connectivity index (χ2v) is 8.20. The molecule has 0 radical (unpaired) electrons. The molecule has 1 fully saturated rings. The van der Waals surface area contributed by atoms with Crippen molar-refractivity contribution in [1.82, 2.24) is 15.5 Å².